The molecule has 0 unspecified atom stereocenters. The second-order valence-corrected chi connectivity index (χ2v) is 8.15. The highest BCUT2D eigenvalue weighted by Crippen LogP contribution is 2.24. The van der Waals surface area contributed by atoms with Crippen LogP contribution in [0, 0.1) is 5.92 Å². The first-order chi connectivity index (χ1) is 14.0. The first kappa shape index (κ1) is 19.8. The molecule has 2 amide bonds. The quantitative estimate of drug-likeness (QED) is 0.760. The Labute approximate surface area is 174 Å². The van der Waals surface area contributed by atoms with Crippen LogP contribution in [-0.2, 0) is 13.0 Å². The number of aryl methyl sites for hydroxylation is 1. The Morgan fingerprint density at radius 2 is 2.03 bits per heavy atom. The van der Waals surface area contributed by atoms with E-state index in [1.54, 1.807) is 18.3 Å². The first-order valence-electron chi connectivity index (χ1n) is 9.93. The molecule has 2 aromatic rings. The van der Waals surface area contributed by atoms with Crippen molar-refractivity contribution in [3.8, 4) is 0 Å². The number of hydrogen-bond donors (Lipinski definition) is 1. The molecule has 8 nitrogen and oxygen atoms in total. The van der Waals surface area contributed by atoms with E-state index in [2.05, 4.69) is 27.3 Å². The molecule has 0 saturated carbocycles. The van der Waals surface area contributed by atoms with Gasteiger partial charge in [-0.15, -0.1) is 0 Å². The standard InChI is InChI=1S/C20H25ClN6O2/c1-25-6-8-26(9-7-25)20(29)16-13-24-27-5-3-14(10-17(16)27)12-23-19(28)15-2-4-22-18(21)11-15/h2,4,11,13-14H,3,5-10,12H2,1H3,(H,23,28)/t14-/m0/s1. The van der Waals surface area contributed by atoms with Crippen molar-refractivity contribution in [2.24, 2.45) is 5.92 Å². The molecule has 29 heavy (non-hydrogen) atoms. The molecule has 0 spiro atoms. The molecule has 1 saturated heterocycles. The minimum Gasteiger partial charge on any atom is -0.352 e. The molecule has 1 fully saturated rings. The van der Waals surface area contributed by atoms with E-state index in [4.69, 9.17) is 11.6 Å². The highest BCUT2D eigenvalue weighted by Gasteiger charge is 2.29. The van der Waals surface area contributed by atoms with Crippen molar-refractivity contribution < 1.29 is 9.59 Å². The highest BCUT2D eigenvalue weighted by molar-refractivity contribution is 6.29. The summed E-state index contributed by atoms with van der Waals surface area (Å²) in [5.74, 6) is 0.164. The largest absolute Gasteiger partial charge is 0.352 e. The number of nitrogens with one attached hydrogen (secondary N) is 1. The van der Waals surface area contributed by atoms with Crippen LogP contribution in [0.3, 0.4) is 0 Å². The Kier molecular flexibility index (Phi) is 5.82. The van der Waals surface area contributed by atoms with E-state index in [-0.39, 0.29) is 17.7 Å². The fourth-order valence-corrected chi connectivity index (χ4v) is 4.09. The summed E-state index contributed by atoms with van der Waals surface area (Å²) in [6, 6.07) is 3.20. The van der Waals surface area contributed by atoms with E-state index in [0.29, 0.717) is 22.8 Å². The van der Waals surface area contributed by atoms with Gasteiger partial charge in [0.1, 0.15) is 5.15 Å². The molecule has 0 radical (unpaired) electrons. The van der Waals surface area contributed by atoms with Crippen LogP contribution >= 0.6 is 11.6 Å². The van der Waals surface area contributed by atoms with Gasteiger partial charge in [-0.3, -0.25) is 14.3 Å². The lowest BCUT2D eigenvalue weighted by Crippen LogP contribution is -2.47. The van der Waals surface area contributed by atoms with Crippen molar-refractivity contribution in [3.63, 3.8) is 0 Å². The summed E-state index contributed by atoms with van der Waals surface area (Å²) in [7, 11) is 2.07. The number of carbonyl (C=O) groups excluding carboxylic acids is 2. The van der Waals surface area contributed by atoms with Gasteiger partial charge in [-0.25, -0.2) is 4.98 Å². The minimum atomic E-state index is -0.165. The van der Waals surface area contributed by atoms with Crippen LogP contribution < -0.4 is 5.32 Å². The lowest BCUT2D eigenvalue weighted by Gasteiger charge is -2.32. The molecular weight excluding hydrogens is 392 g/mol. The number of likely N-dealkylation sites (N-methyl/N-ethyl adjacent to an activating group) is 1. The number of hydrogen-bond acceptors (Lipinski definition) is 5. The van der Waals surface area contributed by atoms with E-state index in [1.165, 1.54) is 6.20 Å². The van der Waals surface area contributed by atoms with Gasteiger partial charge < -0.3 is 15.1 Å². The predicted molar refractivity (Wildman–Crippen MR) is 109 cm³/mol. The zero-order valence-electron chi connectivity index (χ0n) is 16.5. The summed E-state index contributed by atoms with van der Waals surface area (Å²) in [6.07, 6.45) is 4.86. The van der Waals surface area contributed by atoms with E-state index in [0.717, 1.165) is 51.3 Å². The Morgan fingerprint density at radius 1 is 1.24 bits per heavy atom. The molecule has 0 aromatic carbocycles. The first-order valence-corrected chi connectivity index (χ1v) is 10.3. The Balaban J connectivity index is 1.39. The predicted octanol–water partition coefficient (Wildman–Crippen LogP) is 1.31. The van der Waals surface area contributed by atoms with Gasteiger partial charge >= 0.3 is 0 Å². The smallest absolute Gasteiger partial charge is 0.257 e. The summed E-state index contributed by atoms with van der Waals surface area (Å²) in [5, 5.41) is 7.70. The van der Waals surface area contributed by atoms with Gasteiger partial charge in [0.25, 0.3) is 11.8 Å². The highest BCUT2D eigenvalue weighted by atomic mass is 35.5. The van der Waals surface area contributed by atoms with Gasteiger partial charge in [-0.2, -0.15) is 5.10 Å². The molecule has 1 N–H and O–H groups in total. The van der Waals surface area contributed by atoms with Crippen molar-refractivity contribution in [3.05, 3.63) is 46.5 Å². The summed E-state index contributed by atoms with van der Waals surface area (Å²) >= 11 is 5.86. The minimum absolute atomic E-state index is 0.0652. The van der Waals surface area contributed by atoms with E-state index in [1.807, 2.05) is 9.58 Å². The molecule has 2 aromatic heterocycles. The molecule has 154 valence electrons. The summed E-state index contributed by atoms with van der Waals surface area (Å²) in [5.41, 5.74) is 2.18. The third-order valence-electron chi connectivity index (χ3n) is 5.74. The Bertz CT molecular complexity index is 906. The SMILES string of the molecule is CN1CCN(C(=O)c2cnn3c2C[C@@H](CNC(=O)c2ccnc(Cl)c2)CC3)CC1. The fourth-order valence-electron chi connectivity index (χ4n) is 3.91. The molecule has 4 heterocycles. The lowest BCUT2D eigenvalue weighted by atomic mass is 9.94. The number of halogens is 1. The van der Waals surface area contributed by atoms with Crippen molar-refractivity contribution >= 4 is 23.4 Å². The topological polar surface area (TPSA) is 83.4 Å². The number of carbonyl (C=O) groups is 2. The molecule has 2 aliphatic heterocycles. The number of aromatic nitrogens is 3. The van der Waals surface area contributed by atoms with Gasteiger partial charge in [0.05, 0.1) is 17.5 Å². The zero-order valence-corrected chi connectivity index (χ0v) is 17.2. The van der Waals surface area contributed by atoms with Crippen LogP contribution in [0.15, 0.2) is 24.5 Å². The van der Waals surface area contributed by atoms with Gasteiger partial charge in [-0.05, 0) is 37.9 Å². The molecule has 2 aliphatic rings. The Morgan fingerprint density at radius 3 is 2.79 bits per heavy atom. The summed E-state index contributed by atoms with van der Waals surface area (Å²) in [6.45, 7) is 4.58. The third-order valence-corrected chi connectivity index (χ3v) is 5.95. The number of amides is 2. The maximum atomic E-state index is 13.0. The zero-order chi connectivity index (χ0) is 20.4. The van der Waals surface area contributed by atoms with Gasteiger partial charge in [0, 0.05) is 51.0 Å². The molecule has 9 heteroatoms. The maximum absolute atomic E-state index is 13.0. The number of pyridine rings is 1. The molecule has 0 bridgehead atoms. The monoisotopic (exact) mass is 416 g/mol. The second kappa shape index (κ2) is 8.51. The van der Waals surface area contributed by atoms with Gasteiger partial charge in [0.2, 0.25) is 0 Å². The molecule has 0 aliphatic carbocycles. The average Bonchev–Trinajstić information content (AvgIpc) is 3.15. The molecule has 1 atom stereocenters. The van der Waals surface area contributed by atoms with Crippen molar-refractivity contribution in [1.82, 2.24) is 29.9 Å². The Hall–Kier alpha value is -2.45. The molecular formula is C20H25ClN6O2. The van der Waals surface area contributed by atoms with E-state index >= 15 is 0 Å². The van der Waals surface area contributed by atoms with Crippen LogP contribution in [0.2, 0.25) is 5.15 Å². The second-order valence-electron chi connectivity index (χ2n) is 7.76. The van der Waals surface area contributed by atoms with E-state index in [9.17, 15) is 9.59 Å². The van der Waals surface area contributed by atoms with Crippen molar-refractivity contribution in [2.45, 2.75) is 19.4 Å². The van der Waals surface area contributed by atoms with Crippen molar-refractivity contribution in [2.75, 3.05) is 39.8 Å². The van der Waals surface area contributed by atoms with Crippen LogP contribution in [0.4, 0.5) is 0 Å². The van der Waals surface area contributed by atoms with Crippen LogP contribution in [-0.4, -0.2) is 76.2 Å². The number of fused-ring (bicyclic) bond motifs is 1. The third kappa shape index (κ3) is 4.43. The van der Waals surface area contributed by atoms with Crippen molar-refractivity contribution in [1.29, 1.82) is 0 Å². The number of nitrogens with zero attached hydrogens (tertiary/aromatic N) is 5. The average molecular weight is 417 g/mol. The van der Waals surface area contributed by atoms with E-state index < -0.39 is 0 Å². The fraction of sp³-hybridized carbons (Fsp3) is 0.500. The van der Waals surface area contributed by atoms with Gasteiger partial charge in [-0.1, -0.05) is 11.6 Å². The van der Waals surface area contributed by atoms with Crippen LogP contribution in [0.25, 0.3) is 0 Å². The maximum Gasteiger partial charge on any atom is 0.257 e. The van der Waals surface area contributed by atoms with Crippen LogP contribution in [0.1, 0.15) is 32.8 Å². The number of rotatable bonds is 4. The number of piperazine rings is 1. The normalized spacial score (nSPS) is 19.7. The lowest BCUT2D eigenvalue weighted by molar-refractivity contribution is 0.0661. The molecule has 4 rings (SSSR count). The van der Waals surface area contributed by atoms with Crippen LogP contribution in [0.5, 0.6) is 0 Å². The summed E-state index contributed by atoms with van der Waals surface area (Å²) in [4.78, 5) is 33.4. The van der Waals surface area contributed by atoms with Gasteiger partial charge in [0.15, 0.2) is 0 Å². The summed E-state index contributed by atoms with van der Waals surface area (Å²) < 4.78 is 1.93.